The number of nitrogens with zero attached hydrogens (tertiary/aromatic N) is 3. The van der Waals surface area contributed by atoms with Gasteiger partial charge < -0.3 is 0 Å². The monoisotopic (exact) mass is 241 g/mol. The van der Waals surface area contributed by atoms with Crippen molar-refractivity contribution in [3.05, 3.63) is 54.2 Å². The Bertz CT molecular complexity index is 703. The van der Waals surface area contributed by atoms with E-state index in [-0.39, 0.29) is 5.82 Å². The van der Waals surface area contributed by atoms with Crippen molar-refractivity contribution >= 4 is 11.2 Å². The van der Waals surface area contributed by atoms with Crippen molar-refractivity contribution in [2.24, 2.45) is 0 Å². The molecule has 90 valence electrons. The van der Waals surface area contributed by atoms with Crippen molar-refractivity contribution in [3.8, 4) is 5.69 Å². The number of rotatable bonds is 2. The summed E-state index contributed by atoms with van der Waals surface area (Å²) in [6, 6.07) is 10.2. The zero-order valence-electron chi connectivity index (χ0n) is 9.97. The van der Waals surface area contributed by atoms with E-state index in [0.717, 1.165) is 29.1 Å². The van der Waals surface area contributed by atoms with Crippen LogP contribution in [0.2, 0.25) is 0 Å². The molecule has 0 aliphatic rings. The van der Waals surface area contributed by atoms with E-state index < -0.39 is 0 Å². The third-order valence-corrected chi connectivity index (χ3v) is 2.87. The summed E-state index contributed by atoms with van der Waals surface area (Å²) in [5, 5.41) is 0. The van der Waals surface area contributed by atoms with Gasteiger partial charge in [-0.05, 0) is 30.3 Å². The Morgan fingerprint density at radius 2 is 2.11 bits per heavy atom. The number of aromatic nitrogens is 3. The first-order valence-corrected chi connectivity index (χ1v) is 5.88. The minimum atomic E-state index is -0.257. The number of fused-ring (bicyclic) bond motifs is 1. The van der Waals surface area contributed by atoms with E-state index in [9.17, 15) is 4.39 Å². The van der Waals surface area contributed by atoms with Crippen LogP contribution < -0.4 is 0 Å². The highest BCUT2D eigenvalue weighted by molar-refractivity contribution is 5.73. The molecule has 4 heteroatoms. The summed E-state index contributed by atoms with van der Waals surface area (Å²) in [5.41, 5.74) is 2.35. The van der Waals surface area contributed by atoms with Crippen LogP contribution in [0.4, 0.5) is 4.39 Å². The third kappa shape index (κ3) is 1.66. The van der Waals surface area contributed by atoms with Crippen molar-refractivity contribution in [1.29, 1.82) is 0 Å². The lowest BCUT2D eigenvalue weighted by Gasteiger charge is -2.07. The van der Waals surface area contributed by atoms with Crippen molar-refractivity contribution < 1.29 is 4.39 Å². The number of halogens is 1. The largest absolute Gasteiger partial charge is 0.281 e. The molecule has 3 rings (SSSR count). The molecular formula is C14H12FN3. The van der Waals surface area contributed by atoms with Gasteiger partial charge >= 0.3 is 0 Å². The number of benzene rings is 1. The second kappa shape index (κ2) is 4.22. The number of hydrogen-bond donors (Lipinski definition) is 0. The molecule has 0 bridgehead atoms. The van der Waals surface area contributed by atoms with Crippen LogP contribution in [0, 0.1) is 5.82 Å². The number of imidazole rings is 1. The molecule has 0 N–H and O–H groups in total. The van der Waals surface area contributed by atoms with Crippen LogP contribution in [-0.2, 0) is 6.42 Å². The Labute approximate surface area is 104 Å². The van der Waals surface area contributed by atoms with Gasteiger partial charge in [-0.15, -0.1) is 0 Å². The summed E-state index contributed by atoms with van der Waals surface area (Å²) in [6.45, 7) is 2.02. The zero-order valence-corrected chi connectivity index (χ0v) is 9.97. The number of pyridine rings is 1. The molecule has 0 radical (unpaired) electrons. The quantitative estimate of drug-likeness (QED) is 0.690. The molecule has 0 spiro atoms. The minimum Gasteiger partial charge on any atom is -0.281 e. The van der Waals surface area contributed by atoms with Gasteiger partial charge in [0.15, 0.2) is 5.65 Å². The summed E-state index contributed by atoms with van der Waals surface area (Å²) in [4.78, 5) is 8.85. The standard InChI is InChI=1S/C14H12FN3/c1-2-13-17-12-7-4-8-16-14(12)18(13)11-6-3-5-10(15)9-11/h3-9H,2H2,1H3. The van der Waals surface area contributed by atoms with Gasteiger partial charge in [-0.1, -0.05) is 13.0 Å². The minimum absolute atomic E-state index is 0.257. The Hall–Kier alpha value is -2.23. The van der Waals surface area contributed by atoms with E-state index >= 15 is 0 Å². The zero-order chi connectivity index (χ0) is 12.5. The molecule has 1 aromatic carbocycles. The van der Waals surface area contributed by atoms with Crippen LogP contribution in [0.15, 0.2) is 42.6 Å². The van der Waals surface area contributed by atoms with E-state index in [1.807, 2.05) is 29.7 Å². The molecule has 2 heterocycles. The highest BCUT2D eigenvalue weighted by Crippen LogP contribution is 2.20. The van der Waals surface area contributed by atoms with Gasteiger partial charge in [0.1, 0.15) is 17.2 Å². The number of hydrogen-bond acceptors (Lipinski definition) is 2. The molecular weight excluding hydrogens is 229 g/mol. The average Bonchev–Trinajstić information content (AvgIpc) is 2.77. The number of aryl methyl sites for hydroxylation is 1. The molecule has 18 heavy (non-hydrogen) atoms. The summed E-state index contributed by atoms with van der Waals surface area (Å²) in [7, 11) is 0. The SMILES string of the molecule is CCc1nc2cccnc2n1-c1cccc(F)c1. The lowest BCUT2D eigenvalue weighted by molar-refractivity contribution is 0.626. The molecule has 3 nitrogen and oxygen atoms in total. The first-order chi connectivity index (χ1) is 8.79. The van der Waals surface area contributed by atoms with Gasteiger partial charge in [0.2, 0.25) is 0 Å². The second-order valence-electron chi connectivity index (χ2n) is 4.04. The lowest BCUT2D eigenvalue weighted by Crippen LogP contribution is -2.01. The third-order valence-electron chi connectivity index (χ3n) is 2.87. The molecule has 0 atom stereocenters. The summed E-state index contributed by atoms with van der Waals surface area (Å²) < 4.78 is 15.2. The van der Waals surface area contributed by atoms with Gasteiger partial charge in [0.25, 0.3) is 0 Å². The topological polar surface area (TPSA) is 30.7 Å². The van der Waals surface area contributed by atoms with Crippen molar-refractivity contribution in [3.63, 3.8) is 0 Å². The molecule has 0 fully saturated rings. The van der Waals surface area contributed by atoms with Gasteiger partial charge in [-0.2, -0.15) is 0 Å². The van der Waals surface area contributed by atoms with Crippen LogP contribution in [0.25, 0.3) is 16.9 Å². The maximum Gasteiger partial charge on any atom is 0.164 e. The van der Waals surface area contributed by atoms with Gasteiger partial charge in [-0.25, -0.2) is 14.4 Å². The molecule has 0 amide bonds. The Morgan fingerprint density at radius 3 is 2.89 bits per heavy atom. The fourth-order valence-corrected chi connectivity index (χ4v) is 2.08. The van der Waals surface area contributed by atoms with E-state index in [1.165, 1.54) is 12.1 Å². The van der Waals surface area contributed by atoms with Crippen LogP contribution in [-0.4, -0.2) is 14.5 Å². The highest BCUT2D eigenvalue weighted by atomic mass is 19.1. The molecule has 0 unspecified atom stereocenters. The Balaban J connectivity index is 2.33. The maximum atomic E-state index is 13.3. The summed E-state index contributed by atoms with van der Waals surface area (Å²) in [5.74, 6) is 0.627. The van der Waals surface area contributed by atoms with E-state index in [0.29, 0.717) is 0 Å². The summed E-state index contributed by atoms with van der Waals surface area (Å²) in [6.07, 6.45) is 2.49. The van der Waals surface area contributed by atoms with E-state index in [4.69, 9.17) is 0 Å². The van der Waals surface area contributed by atoms with E-state index in [1.54, 1.807) is 12.3 Å². The second-order valence-corrected chi connectivity index (χ2v) is 4.04. The lowest BCUT2D eigenvalue weighted by atomic mass is 10.3. The van der Waals surface area contributed by atoms with Crippen molar-refractivity contribution in [2.75, 3.05) is 0 Å². The molecule has 3 aromatic rings. The average molecular weight is 241 g/mol. The summed E-state index contributed by atoms with van der Waals surface area (Å²) >= 11 is 0. The normalized spacial score (nSPS) is 11.0. The predicted octanol–water partition coefficient (Wildman–Crippen LogP) is 3.12. The van der Waals surface area contributed by atoms with Crippen molar-refractivity contribution in [2.45, 2.75) is 13.3 Å². The highest BCUT2D eigenvalue weighted by Gasteiger charge is 2.11. The predicted molar refractivity (Wildman–Crippen MR) is 68.2 cm³/mol. The van der Waals surface area contributed by atoms with Gasteiger partial charge in [-0.3, -0.25) is 4.57 Å². The van der Waals surface area contributed by atoms with Gasteiger partial charge in [0.05, 0.1) is 5.69 Å². The van der Waals surface area contributed by atoms with Crippen LogP contribution >= 0.6 is 0 Å². The molecule has 2 aromatic heterocycles. The molecule has 0 saturated heterocycles. The smallest absolute Gasteiger partial charge is 0.164 e. The fraction of sp³-hybridized carbons (Fsp3) is 0.143. The molecule has 0 aliphatic heterocycles. The Kier molecular flexibility index (Phi) is 2.55. The fourth-order valence-electron chi connectivity index (χ4n) is 2.08. The first kappa shape index (κ1) is 10.9. The Morgan fingerprint density at radius 1 is 1.22 bits per heavy atom. The van der Waals surface area contributed by atoms with Crippen LogP contribution in [0.5, 0.6) is 0 Å². The van der Waals surface area contributed by atoms with Crippen LogP contribution in [0.3, 0.4) is 0 Å². The molecule has 0 saturated carbocycles. The first-order valence-electron chi connectivity index (χ1n) is 5.88. The molecule has 0 aliphatic carbocycles. The maximum absolute atomic E-state index is 13.3. The van der Waals surface area contributed by atoms with Gasteiger partial charge in [0, 0.05) is 12.6 Å². The van der Waals surface area contributed by atoms with E-state index in [2.05, 4.69) is 9.97 Å². The van der Waals surface area contributed by atoms with Crippen molar-refractivity contribution in [1.82, 2.24) is 14.5 Å². The van der Waals surface area contributed by atoms with Crippen LogP contribution in [0.1, 0.15) is 12.7 Å².